The van der Waals surface area contributed by atoms with Gasteiger partial charge in [-0.3, -0.25) is 9.59 Å². The molecule has 0 bridgehead atoms. The minimum atomic E-state index is 0.121. The molecule has 2 amide bonds. The summed E-state index contributed by atoms with van der Waals surface area (Å²) in [6, 6.07) is 0. The number of nitrogens with zero attached hydrogens (tertiary/aromatic N) is 2. The van der Waals surface area contributed by atoms with E-state index in [1.54, 1.807) is 23.9 Å². The first-order valence-electron chi connectivity index (χ1n) is 7.50. The zero-order valence-corrected chi connectivity index (χ0v) is 13.9. The maximum Gasteiger partial charge on any atom is 0.223 e. The van der Waals surface area contributed by atoms with Crippen molar-refractivity contribution in [2.75, 3.05) is 67.5 Å². The van der Waals surface area contributed by atoms with Crippen LogP contribution in [-0.4, -0.2) is 89.1 Å². The van der Waals surface area contributed by atoms with Gasteiger partial charge in [0.05, 0.1) is 0 Å². The third-order valence-corrected chi connectivity index (χ3v) is 3.28. The quantitative estimate of drug-likeness (QED) is 0.391. The van der Waals surface area contributed by atoms with Crippen LogP contribution in [-0.2, 0) is 9.59 Å². The number of hydrogen-bond acceptors (Lipinski definition) is 5. The van der Waals surface area contributed by atoms with Gasteiger partial charge in [-0.15, -0.1) is 0 Å². The summed E-state index contributed by atoms with van der Waals surface area (Å²) < 4.78 is 0. The van der Waals surface area contributed by atoms with E-state index >= 15 is 0 Å². The van der Waals surface area contributed by atoms with Crippen molar-refractivity contribution in [1.82, 2.24) is 25.8 Å². The first kappa shape index (κ1) is 19.8. The van der Waals surface area contributed by atoms with Crippen LogP contribution in [0.3, 0.4) is 0 Å². The second-order valence-electron chi connectivity index (χ2n) is 5.09. The third kappa shape index (κ3) is 10.2. The lowest BCUT2D eigenvalue weighted by Crippen LogP contribution is -2.36. The van der Waals surface area contributed by atoms with Crippen molar-refractivity contribution >= 4 is 11.8 Å². The largest absolute Gasteiger partial charge is 0.344 e. The molecule has 3 N–H and O–H groups in total. The first-order chi connectivity index (χ1) is 10.0. The maximum atomic E-state index is 11.7. The molecule has 0 unspecified atom stereocenters. The summed E-state index contributed by atoms with van der Waals surface area (Å²) in [5.74, 6) is 0.241. The van der Waals surface area contributed by atoms with Gasteiger partial charge in [0.25, 0.3) is 0 Å². The Hall–Kier alpha value is -1.18. The lowest BCUT2D eigenvalue weighted by Gasteiger charge is -2.18. The molecular weight excluding hydrogens is 270 g/mol. The van der Waals surface area contributed by atoms with E-state index in [-0.39, 0.29) is 11.8 Å². The van der Waals surface area contributed by atoms with Crippen molar-refractivity contribution in [3.63, 3.8) is 0 Å². The predicted molar refractivity (Wildman–Crippen MR) is 85.2 cm³/mol. The number of nitrogens with one attached hydrogen (secondary N) is 3. The zero-order valence-electron chi connectivity index (χ0n) is 13.9. The van der Waals surface area contributed by atoms with E-state index in [1.807, 2.05) is 14.1 Å². The summed E-state index contributed by atoms with van der Waals surface area (Å²) in [6.45, 7) is 4.23. The standard InChI is InChI=1S/C14H31N5O2/c1-15-9-11-18(3)13(20)5-7-17-8-6-14(21)19(4)12-10-16-2/h15-17H,5-12H2,1-4H3. The van der Waals surface area contributed by atoms with Crippen molar-refractivity contribution in [3.8, 4) is 0 Å². The molecule has 0 saturated heterocycles. The SMILES string of the molecule is CNCCN(C)C(=O)CCNCCC(=O)N(C)CCNC. The summed E-state index contributed by atoms with van der Waals surface area (Å²) in [4.78, 5) is 26.9. The minimum Gasteiger partial charge on any atom is -0.344 e. The van der Waals surface area contributed by atoms with Gasteiger partial charge in [-0.1, -0.05) is 0 Å². The fourth-order valence-corrected chi connectivity index (χ4v) is 1.71. The Bertz CT molecular complexity index is 271. The Balaban J connectivity index is 3.62. The molecule has 0 saturated carbocycles. The maximum absolute atomic E-state index is 11.7. The molecule has 0 aromatic heterocycles. The fraction of sp³-hybridized carbons (Fsp3) is 0.857. The van der Waals surface area contributed by atoms with Crippen molar-refractivity contribution < 1.29 is 9.59 Å². The van der Waals surface area contributed by atoms with Gasteiger partial charge in [0.15, 0.2) is 0 Å². The van der Waals surface area contributed by atoms with Gasteiger partial charge < -0.3 is 25.8 Å². The zero-order chi connectivity index (χ0) is 16.1. The van der Waals surface area contributed by atoms with Gasteiger partial charge in [0.1, 0.15) is 0 Å². The molecule has 0 atom stereocenters. The summed E-state index contributed by atoms with van der Waals surface area (Å²) in [6.07, 6.45) is 0.925. The minimum absolute atomic E-state index is 0.121. The molecule has 124 valence electrons. The highest BCUT2D eigenvalue weighted by Crippen LogP contribution is 1.91. The van der Waals surface area contributed by atoms with E-state index in [2.05, 4.69) is 16.0 Å². The van der Waals surface area contributed by atoms with Crippen LogP contribution in [0.2, 0.25) is 0 Å². The van der Waals surface area contributed by atoms with Gasteiger partial charge in [-0.25, -0.2) is 0 Å². The molecule has 0 radical (unpaired) electrons. The normalized spacial score (nSPS) is 10.5. The molecule has 0 heterocycles. The van der Waals surface area contributed by atoms with Crippen molar-refractivity contribution in [3.05, 3.63) is 0 Å². The van der Waals surface area contributed by atoms with E-state index in [1.165, 1.54) is 0 Å². The van der Waals surface area contributed by atoms with Crippen LogP contribution in [0.15, 0.2) is 0 Å². The van der Waals surface area contributed by atoms with Gasteiger partial charge >= 0.3 is 0 Å². The molecule has 0 rings (SSSR count). The highest BCUT2D eigenvalue weighted by Gasteiger charge is 2.09. The number of hydrogen-bond donors (Lipinski definition) is 3. The molecular formula is C14H31N5O2. The smallest absolute Gasteiger partial charge is 0.223 e. The highest BCUT2D eigenvalue weighted by molar-refractivity contribution is 5.76. The number of rotatable bonds is 12. The number of likely N-dealkylation sites (N-methyl/N-ethyl adjacent to an activating group) is 4. The molecule has 0 aromatic rings. The average molecular weight is 301 g/mol. The number of carbonyl (C=O) groups excluding carboxylic acids is 2. The van der Waals surface area contributed by atoms with E-state index in [0.717, 1.165) is 13.1 Å². The topological polar surface area (TPSA) is 76.7 Å². The molecule has 0 aliphatic heterocycles. The molecule has 0 fully saturated rings. The molecule has 21 heavy (non-hydrogen) atoms. The second-order valence-corrected chi connectivity index (χ2v) is 5.09. The Labute approximate surface area is 128 Å². The van der Waals surface area contributed by atoms with Crippen molar-refractivity contribution in [1.29, 1.82) is 0 Å². The van der Waals surface area contributed by atoms with Crippen LogP contribution in [0, 0.1) is 0 Å². The van der Waals surface area contributed by atoms with Crippen LogP contribution in [0.4, 0.5) is 0 Å². The lowest BCUT2D eigenvalue weighted by atomic mass is 10.3. The van der Waals surface area contributed by atoms with Crippen LogP contribution in [0.25, 0.3) is 0 Å². The molecule has 0 aliphatic rings. The third-order valence-electron chi connectivity index (χ3n) is 3.28. The predicted octanol–water partition coefficient (Wildman–Crippen LogP) is -1.29. The van der Waals surface area contributed by atoms with Gasteiger partial charge in [-0.05, 0) is 14.1 Å². The van der Waals surface area contributed by atoms with Crippen LogP contribution in [0.1, 0.15) is 12.8 Å². The van der Waals surface area contributed by atoms with Crippen LogP contribution >= 0.6 is 0 Å². The van der Waals surface area contributed by atoms with E-state index in [4.69, 9.17) is 0 Å². The first-order valence-corrected chi connectivity index (χ1v) is 7.50. The molecule has 7 heteroatoms. The monoisotopic (exact) mass is 301 g/mol. The molecule has 0 aliphatic carbocycles. The van der Waals surface area contributed by atoms with E-state index < -0.39 is 0 Å². The fourth-order valence-electron chi connectivity index (χ4n) is 1.71. The summed E-state index contributed by atoms with van der Waals surface area (Å²) in [5, 5.41) is 9.17. The number of amides is 2. The summed E-state index contributed by atoms with van der Waals surface area (Å²) >= 11 is 0. The van der Waals surface area contributed by atoms with E-state index in [0.29, 0.717) is 39.0 Å². The van der Waals surface area contributed by atoms with Crippen LogP contribution in [0.5, 0.6) is 0 Å². The molecule has 0 spiro atoms. The summed E-state index contributed by atoms with van der Waals surface area (Å²) in [7, 11) is 7.34. The molecule has 0 aromatic carbocycles. The Morgan fingerprint density at radius 3 is 1.48 bits per heavy atom. The van der Waals surface area contributed by atoms with Crippen molar-refractivity contribution in [2.45, 2.75) is 12.8 Å². The lowest BCUT2D eigenvalue weighted by molar-refractivity contribution is -0.130. The Morgan fingerprint density at radius 1 is 0.762 bits per heavy atom. The van der Waals surface area contributed by atoms with Crippen LogP contribution < -0.4 is 16.0 Å². The van der Waals surface area contributed by atoms with E-state index in [9.17, 15) is 9.59 Å². The van der Waals surface area contributed by atoms with Gasteiger partial charge in [0, 0.05) is 66.2 Å². The second kappa shape index (κ2) is 12.6. The Kier molecular flexibility index (Phi) is 11.8. The summed E-state index contributed by atoms with van der Waals surface area (Å²) in [5.41, 5.74) is 0. The number of carbonyl (C=O) groups is 2. The van der Waals surface area contributed by atoms with Gasteiger partial charge in [-0.2, -0.15) is 0 Å². The molecule has 7 nitrogen and oxygen atoms in total. The Morgan fingerprint density at radius 2 is 1.14 bits per heavy atom. The highest BCUT2D eigenvalue weighted by atomic mass is 16.2. The van der Waals surface area contributed by atoms with Crippen molar-refractivity contribution in [2.24, 2.45) is 0 Å². The van der Waals surface area contributed by atoms with Gasteiger partial charge in [0.2, 0.25) is 11.8 Å². The average Bonchev–Trinajstić information content (AvgIpc) is 2.49.